The lowest BCUT2D eigenvalue weighted by Gasteiger charge is -2.22. The Balaban J connectivity index is 4.52. The van der Waals surface area contributed by atoms with Gasteiger partial charge in [0.15, 0.2) is 0 Å². The fourth-order valence-electron chi connectivity index (χ4n) is 0.569. The van der Waals surface area contributed by atoms with Crippen molar-refractivity contribution in [3.05, 3.63) is 25.3 Å². The van der Waals surface area contributed by atoms with Crippen LogP contribution in [-0.2, 0) is 31.1 Å². The van der Waals surface area contributed by atoms with Crippen LogP contribution in [0.4, 0.5) is 0 Å². The Morgan fingerprint density at radius 2 is 1.71 bits per heavy atom. The number of rotatable bonds is 7. The Labute approximate surface area is 86.6 Å². The van der Waals surface area contributed by atoms with Gasteiger partial charge in [-0.15, -0.1) is 0 Å². The van der Waals surface area contributed by atoms with E-state index in [-0.39, 0.29) is 0 Å². The van der Waals surface area contributed by atoms with Crippen molar-refractivity contribution in [3.63, 3.8) is 0 Å². The zero-order valence-corrected chi connectivity index (χ0v) is 8.75. The van der Waals surface area contributed by atoms with Gasteiger partial charge in [0.1, 0.15) is 12.2 Å². The largest absolute Gasteiger partial charge is 0.303 e. The highest BCUT2D eigenvalue weighted by Crippen LogP contribution is 2.16. The molecular formula is C6H10O6S2. The van der Waals surface area contributed by atoms with E-state index in [0.29, 0.717) is 0 Å². The molecule has 0 fully saturated rings. The lowest BCUT2D eigenvalue weighted by molar-refractivity contribution is 0.108. The summed E-state index contributed by atoms with van der Waals surface area (Å²) in [5.41, 5.74) is -1.46. The molecule has 0 aromatic heterocycles. The summed E-state index contributed by atoms with van der Waals surface area (Å²) in [7, 11) is 0. The first-order valence-electron chi connectivity index (χ1n) is 3.27. The molecular weight excluding hydrogens is 232 g/mol. The van der Waals surface area contributed by atoms with Gasteiger partial charge in [-0.3, -0.25) is 17.5 Å². The van der Waals surface area contributed by atoms with Crippen molar-refractivity contribution in [2.75, 3.05) is 6.61 Å². The highest BCUT2D eigenvalue weighted by atomic mass is 32.2. The Morgan fingerprint density at radius 3 is 2.00 bits per heavy atom. The van der Waals surface area contributed by atoms with Gasteiger partial charge in [-0.05, 0) is 0 Å². The third kappa shape index (κ3) is 4.74. The van der Waals surface area contributed by atoms with Crippen LogP contribution in [0.1, 0.15) is 0 Å². The molecule has 0 heterocycles. The van der Waals surface area contributed by atoms with Gasteiger partial charge in [0.25, 0.3) is 0 Å². The summed E-state index contributed by atoms with van der Waals surface area (Å²) in [6.07, 6.45) is 2.28. The summed E-state index contributed by atoms with van der Waals surface area (Å²) in [4.78, 5) is 0. The second-order valence-corrected chi connectivity index (χ2v) is 3.41. The summed E-state index contributed by atoms with van der Waals surface area (Å²) < 4.78 is 46.2. The van der Waals surface area contributed by atoms with E-state index in [1.165, 1.54) is 0 Å². The summed E-state index contributed by atoms with van der Waals surface area (Å²) in [5, 5.41) is 0. The summed E-state index contributed by atoms with van der Waals surface area (Å²) in [6.45, 7) is 6.23. The molecule has 6 nitrogen and oxygen atoms in total. The van der Waals surface area contributed by atoms with E-state index in [1.807, 2.05) is 0 Å². The Bertz CT molecular complexity index is 255. The molecule has 2 unspecified atom stereocenters. The first-order chi connectivity index (χ1) is 6.45. The molecule has 0 saturated heterocycles. The van der Waals surface area contributed by atoms with Crippen molar-refractivity contribution in [2.45, 2.75) is 5.60 Å². The summed E-state index contributed by atoms with van der Waals surface area (Å²) >= 11 is -5.04. The first-order valence-corrected chi connectivity index (χ1v) is 5.34. The van der Waals surface area contributed by atoms with Crippen molar-refractivity contribution in [2.24, 2.45) is 0 Å². The van der Waals surface area contributed by atoms with E-state index >= 15 is 0 Å². The molecule has 0 aliphatic carbocycles. The van der Waals surface area contributed by atoms with Crippen LogP contribution in [0.25, 0.3) is 0 Å². The van der Waals surface area contributed by atoms with Gasteiger partial charge in [0, 0.05) is 0 Å². The van der Waals surface area contributed by atoms with Crippen molar-refractivity contribution in [1.82, 2.24) is 0 Å². The average molecular weight is 242 g/mol. The third-order valence-corrected chi connectivity index (χ3v) is 2.08. The smallest absolute Gasteiger partial charge is 0.284 e. The number of hydrogen-bond donors (Lipinski definition) is 2. The van der Waals surface area contributed by atoms with Crippen molar-refractivity contribution >= 4 is 22.7 Å². The zero-order valence-electron chi connectivity index (χ0n) is 7.12. The maximum Gasteiger partial charge on any atom is 0.303 e. The summed E-state index contributed by atoms with van der Waals surface area (Å²) in [6, 6.07) is 0. The minimum absolute atomic E-state index is 0.435. The second kappa shape index (κ2) is 6.17. The molecule has 0 radical (unpaired) electrons. The topological polar surface area (TPSA) is 93.1 Å². The monoisotopic (exact) mass is 242 g/mol. The molecule has 0 aromatic rings. The lowest BCUT2D eigenvalue weighted by Crippen LogP contribution is -2.34. The normalized spacial score (nSPS) is 15.9. The molecule has 0 rings (SSSR count). The Morgan fingerprint density at radius 1 is 1.21 bits per heavy atom. The van der Waals surface area contributed by atoms with Gasteiger partial charge in [0.2, 0.25) is 0 Å². The molecule has 0 saturated carbocycles. The van der Waals surface area contributed by atoms with Crippen LogP contribution in [-0.4, -0.2) is 29.7 Å². The van der Waals surface area contributed by atoms with Gasteiger partial charge in [-0.2, -0.15) is 8.42 Å². The van der Waals surface area contributed by atoms with Crippen LogP contribution >= 0.6 is 0 Å². The number of hydrogen-bond acceptors (Lipinski definition) is 4. The highest BCUT2D eigenvalue weighted by Gasteiger charge is 2.28. The second-order valence-electron chi connectivity index (χ2n) is 2.14. The molecule has 2 N–H and O–H groups in total. The van der Waals surface area contributed by atoms with Crippen molar-refractivity contribution < 1.29 is 25.9 Å². The van der Waals surface area contributed by atoms with E-state index in [0.717, 1.165) is 12.2 Å². The van der Waals surface area contributed by atoms with Gasteiger partial charge in [0.05, 0.1) is 0 Å². The molecule has 8 heteroatoms. The maximum absolute atomic E-state index is 10.4. The molecule has 0 spiro atoms. The SMILES string of the molecule is C=CC(C=C)(COS(=O)O)OS(=O)O. The molecule has 0 aliphatic heterocycles. The average Bonchev–Trinajstić information content (AvgIpc) is 2.11. The van der Waals surface area contributed by atoms with E-state index in [9.17, 15) is 8.42 Å². The minimum Gasteiger partial charge on any atom is -0.284 e. The van der Waals surface area contributed by atoms with E-state index < -0.39 is 34.9 Å². The fraction of sp³-hybridized carbons (Fsp3) is 0.333. The maximum atomic E-state index is 10.4. The third-order valence-electron chi connectivity index (χ3n) is 1.30. The van der Waals surface area contributed by atoms with Crippen LogP contribution in [0.5, 0.6) is 0 Å². The van der Waals surface area contributed by atoms with Crippen LogP contribution in [0.2, 0.25) is 0 Å². The van der Waals surface area contributed by atoms with Crippen LogP contribution < -0.4 is 0 Å². The van der Waals surface area contributed by atoms with Crippen molar-refractivity contribution in [1.29, 1.82) is 0 Å². The van der Waals surface area contributed by atoms with E-state index in [1.54, 1.807) is 0 Å². The lowest BCUT2D eigenvalue weighted by atomic mass is 10.1. The summed E-state index contributed by atoms with van der Waals surface area (Å²) in [5.74, 6) is 0. The Hall–Kier alpha value is -0.380. The molecule has 0 bridgehead atoms. The van der Waals surface area contributed by atoms with Gasteiger partial charge < -0.3 is 0 Å². The highest BCUT2D eigenvalue weighted by molar-refractivity contribution is 7.74. The molecule has 0 aliphatic rings. The fourth-order valence-corrected chi connectivity index (χ4v) is 1.30. The van der Waals surface area contributed by atoms with Gasteiger partial charge >= 0.3 is 22.7 Å². The quantitative estimate of drug-likeness (QED) is 0.496. The van der Waals surface area contributed by atoms with Gasteiger partial charge in [-0.1, -0.05) is 25.3 Å². The predicted molar refractivity (Wildman–Crippen MR) is 51.7 cm³/mol. The molecule has 82 valence electrons. The zero-order chi connectivity index (χ0) is 11.2. The molecule has 0 aromatic carbocycles. The first kappa shape index (κ1) is 13.6. The standard InChI is InChI=1S/C6H10O6S2/c1-3-6(4-2,12-14(9)10)5-11-13(7)8/h3-4H,1-2,5H2,(H,7,8)(H,9,10). The molecule has 0 amide bonds. The van der Waals surface area contributed by atoms with Crippen LogP contribution in [0.15, 0.2) is 25.3 Å². The predicted octanol–water partition coefficient (Wildman–Crippen LogP) is 0.404. The van der Waals surface area contributed by atoms with Crippen molar-refractivity contribution in [3.8, 4) is 0 Å². The van der Waals surface area contributed by atoms with Crippen LogP contribution in [0.3, 0.4) is 0 Å². The molecule has 2 atom stereocenters. The Kier molecular flexibility index (Phi) is 6.00. The molecule has 14 heavy (non-hydrogen) atoms. The minimum atomic E-state index is -2.55. The van der Waals surface area contributed by atoms with E-state index in [2.05, 4.69) is 21.5 Å². The van der Waals surface area contributed by atoms with Crippen LogP contribution in [0, 0.1) is 0 Å². The van der Waals surface area contributed by atoms with E-state index in [4.69, 9.17) is 9.11 Å². The van der Waals surface area contributed by atoms with Gasteiger partial charge in [-0.25, -0.2) is 0 Å².